The lowest BCUT2D eigenvalue weighted by Gasteiger charge is -2.19. The van der Waals surface area contributed by atoms with Crippen molar-refractivity contribution < 1.29 is 9.13 Å². The molecule has 106 valence electrons. The molecular weight excluding hydrogens is 245 g/mol. The Labute approximate surface area is 114 Å². The first-order valence-electron chi connectivity index (χ1n) is 6.41. The number of ether oxygens (including phenoxy) is 1. The van der Waals surface area contributed by atoms with Crippen LogP contribution in [0.15, 0.2) is 29.3 Å². The molecule has 0 radical (unpaired) electrons. The first kappa shape index (κ1) is 15.3. The number of rotatable bonds is 5. The Bertz CT molecular complexity index is 421. The van der Waals surface area contributed by atoms with E-state index >= 15 is 0 Å². The number of para-hydroxylation sites is 1. The van der Waals surface area contributed by atoms with Crippen molar-refractivity contribution in [2.24, 2.45) is 4.99 Å². The molecule has 1 aromatic rings. The molecule has 1 atom stereocenters. The number of hydrogen-bond donors (Lipinski definition) is 2. The zero-order valence-electron chi connectivity index (χ0n) is 11.9. The molecule has 0 heterocycles. The zero-order chi connectivity index (χ0) is 14.3. The lowest BCUT2D eigenvalue weighted by atomic mass is 10.3. The Balaban J connectivity index is 2.43. The summed E-state index contributed by atoms with van der Waals surface area (Å²) in [7, 11) is 1.71. The van der Waals surface area contributed by atoms with Gasteiger partial charge in [0.1, 0.15) is 6.10 Å². The van der Waals surface area contributed by atoms with E-state index in [0.29, 0.717) is 18.5 Å². The number of benzene rings is 1. The molecule has 1 rings (SSSR count). The van der Waals surface area contributed by atoms with Crippen LogP contribution in [0.4, 0.5) is 4.39 Å². The number of hydrogen-bond acceptors (Lipinski definition) is 2. The Morgan fingerprint density at radius 1 is 1.32 bits per heavy atom. The molecule has 19 heavy (non-hydrogen) atoms. The number of nitrogens with zero attached hydrogens (tertiary/aromatic N) is 1. The monoisotopic (exact) mass is 267 g/mol. The maximum absolute atomic E-state index is 13.4. The van der Waals surface area contributed by atoms with E-state index in [0.717, 1.165) is 0 Å². The van der Waals surface area contributed by atoms with Crippen molar-refractivity contribution in [1.82, 2.24) is 10.6 Å². The molecule has 0 aromatic heterocycles. The Kier molecular flexibility index (Phi) is 6.12. The molecule has 0 aliphatic rings. The van der Waals surface area contributed by atoms with Gasteiger partial charge in [0.15, 0.2) is 17.5 Å². The maximum Gasteiger partial charge on any atom is 0.191 e. The number of halogens is 1. The fourth-order valence-electron chi connectivity index (χ4n) is 1.51. The molecule has 0 fully saturated rings. The minimum Gasteiger partial charge on any atom is -0.486 e. The van der Waals surface area contributed by atoms with E-state index in [-0.39, 0.29) is 17.7 Å². The first-order chi connectivity index (χ1) is 9.02. The largest absolute Gasteiger partial charge is 0.486 e. The van der Waals surface area contributed by atoms with Crippen molar-refractivity contribution in [3.63, 3.8) is 0 Å². The van der Waals surface area contributed by atoms with Gasteiger partial charge >= 0.3 is 0 Å². The van der Waals surface area contributed by atoms with Gasteiger partial charge in [-0.15, -0.1) is 0 Å². The van der Waals surface area contributed by atoms with Crippen molar-refractivity contribution in [2.75, 3.05) is 13.6 Å². The third-order valence-electron chi connectivity index (χ3n) is 2.37. The summed E-state index contributed by atoms with van der Waals surface area (Å²) in [5, 5.41) is 6.30. The Morgan fingerprint density at radius 2 is 2.00 bits per heavy atom. The van der Waals surface area contributed by atoms with Gasteiger partial charge in [-0.2, -0.15) is 0 Å². The minimum absolute atomic E-state index is 0.164. The third kappa shape index (κ3) is 5.59. The van der Waals surface area contributed by atoms with Crippen molar-refractivity contribution in [3.05, 3.63) is 30.1 Å². The molecule has 1 aromatic carbocycles. The van der Waals surface area contributed by atoms with Gasteiger partial charge in [-0.1, -0.05) is 12.1 Å². The molecule has 0 bridgehead atoms. The van der Waals surface area contributed by atoms with Gasteiger partial charge < -0.3 is 15.4 Å². The molecular formula is C14H22FN3O. The summed E-state index contributed by atoms with van der Waals surface area (Å²) >= 11 is 0. The molecule has 2 N–H and O–H groups in total. The number of aliphatic imine (C=N–C) groups is 1. The van der Waals surface area contributed by atoms with Gasteiger partial charge in [-0.05, 0) is 32.9 Å². The molecule has 0 aliphatic carbocycles. The van der Waals surface area contributed by atoms with Crippen LogP contribution in [0.5, 0.6) is 5.75 Å². The van der Waals surface area contributed by atoms with Gasteiger partial charge in [-0.3, -0.25) is 4.99 Å². The van der Waals surface area contributed by atoms with E-state index in [1.54, 1.807) is 25.2 Å². The van der Waals surface area contributed by atoms with Crippen molar-refractivity contribution in [2.45, 2.75) is 32.9 Å². The van der Waals surface area contributed by atoms with Crippen LogP contribution >= 0.6 is 0 Å². The quantitative estimate of drug-likeness (QED) is 0.635. The second-order valence-electron chi connectivity index (χ2n) is 4.61. The fraction of sp³-hybridized carbons (Fsp3) is 0.500. The predicted octanol–water partition coefficient (Wildman–Crippen LogP) is 2.17. The van der Waals surface area contributed by atoms with Crippen LogP contribution in [-0.4, -0.2) is 31.7 Å². The van der Waals surface area contributed by atoms with E-state index in [1.165, 1.54) is 6.07 Å². The van der Waals surface area contributed by atoms with Crippen LogP contribution in [0, 0.1) is 5.82 Å². The van der Waals surface area contributed by atoms with Crippen LogP contribution in [0.2, 0.25) is 0 Å². The van der Waals surface area contributed by atoms with Gasteiger partial charge in [0, 0.05) is 13.1 Å². The topological polar surface area (TPSA) is 45.7 Å². The summed E-state index contributed by atoms with van der Waals surface area (Å²) in [6.07, 6.45) is -0.164. The highest BCUT2D eigenvalue weighted by atomic mass is 19.1. The lowest BCUT2D eigenvalue weighted by Crippen LogP contribution is -2.44. The minimum atomic E-state index is -0.348. The average Bonchev–Trinajstić information content (AvgIpc) is 2.37. The van der Waals surface area contributed by atoms with Gasteiger partial charge in [-0.25, -0.2) is 4.39 Å². The van der Waals surface area contributed by atoms with Crippen LogP contribution in [0.3, 0.4) is 0 Å². The first-order valence-corrected chi connectivity index (χ1v) is 6.41. The highest BCUT2D eigenvalue weighted by Gasteiger charge is 2.09. The van der Waals surface area contributed by atoms with Gasteiger partial charge in [0.25, 0.3) is 0 Å². The predicted molar refractivity (Wildman–Crippen MR) is 76.1 cm³/mol. The summed E-state index contributed by atoms with van der Waals surface area (Å²) in [5.74, 6) is 0.627. The summed E-state index contributed by atoms with van der Waals surface area (Å²) in [6.45, 7) is 6.49. The van der Waals surface area contributed by atoms with Crippen LogP contribution in [-0.2, 0) is 0 Å². The second kappa shape index (κ2) is 7.61. The molecule has 0 saturated carbocycles. The van der Waals surface area contributed by atoms with Crippen molar-refractivity contribution in [1.29, 1.82) is 0 Å². The molecule has 0 amide bonds. The third-order valence-corrected chi connectivity index (χ3v) is 2.37. The maximum atomic E-state index is 13.4. The standard InChI is InChI=1S/C14H22FN3O/c1-10(2)18-14(16-4)17-9-11(3)19-13-8-6-5-7-12(13)15/h5-8,10-11H,9H2,1-4H3,(H2,16,17,18). The smallest absolute Gasteiger partial charge is 0.191 e. The van der Waals surface area contributed by atoms with E-state index in [1.807, 2.05) is 20.8 Å². The van der Waals surface area contributed by atoms with Crippen LogP contribution in [0.25, 0.3) is 0 Å². The highest BCUT2D eigenvalue weighted by molar-refractivity contribution is 5.79. The molecule has 5 heteroatoms. The Hall–Kier alpha value is -1.78. The summed E-state index contributed by atoms with van der Waals surface area (Å²) in [4.78, 5) is 4.09. The molecule has 0 saturated heterocycles. The van der Waals surface area contributed by atoms with Gasteiger partial charge in [0.05, 0.1) is 6.54 Å². The van der Waals surface area contributed by atoms with E-state index in [2.05, 4.69) is 15.6 Å². The SMILES string of the molecule is CN=C(NCC(C)Oc1ccccc1F)NC(C)C. The lowest BCUT2D eigenvalue weighted by molar-refractivity contribution is 0.214. The normalized spacial score (nSPS) is 13.3. The molecule has 0 spiro atoms. The van der Waals surface area contributed by atoms with E-state index in [4.69, 9.17) is 4.74 Å². The average molecular weight is 267 g/mol. The molecule has 1 unspecified atom stereocenters. The van der Waals surface area contributed by atoms with Crippen LogP contribution in [0.1, 0.15) is 20.8 Å². The highest BCUT2D eigenvalue weighted by Crippen LogP contribution is 2.16. The van der Waals surface area contributed by atoms with Crippen molar-refractivity contribution >= 4 is 5.96 Å². The van der Waals surface area contributed by atoms with Gasteiger partial charge in [0.2, 0.25) is 0 Å². The zero-order valence-corrected chi connectivity index (χ0v) is 11.9. The van der Waals surface area contributed by atoms with E-state index in [9.17, 15) is 4.39 Å². The Morgan fingerprint density at radius 3 is 2.58 bits per heavy atom. The summed E-state index contributed by atoms with van der Waals surface area (Å²) in [6, 6.07) is 6.69. The fourth-order valence-corrected chi connectivity index (χ4v) is 1.51. The van der Waals surface area contributed by atoms with E-state index < -0.39 is 0 Å². The molecule has 0 aliphatic heterocycles. The second-order valence-corrected chi connectivity index (χ2v) is 4.61. The number of nitrogens with one attached hydrogen (secondary N) is 2. The molecule has 4 nitrogen and oxygen atoms in total. The summed E-state index contributed by atoms with van der Waals surface area (Å²) < 4.78 is 18.9. The number of guanidine groups is 1. The summed E-state index contributed by atoms with van der Waals surface area (Å²) in [5.41, 5.74) is 0. The van der Waals surface area contributed by atoms with Crippen LogP contribution < -0.4 is 15.4 Å². The van der Waals surface area contributed by atoms with Crippen molar-refractivity contribution in [3.8, 4) is 5.75 Å².